The Kier molecular flexibility index (Phi) is 5.80. The topological polar surface area (TPSA) is 122 Å². The minimum absolute atomic E-state index is 0.00621. The zero-order valence-corrected chi connectivity index (χ0v) is 17.1. The fraction of sp³-hybridized carbons (Fsp3) is 0.429. The number of nitrogens with zero attached hydrogens (tertiary/aromatic N) is 5. The number of dihydropyridines is 1. The first-order chi connectivity index (χ1) is 14.5. The van der Waals surface area contributed by atoms with E-state index < -0.39 is 0 Å². The number of carbonyl (C=O) groups is 1. The Morgan fingerprint density at radius 2 is 2.03 bits per heavy atom. The van der Waals surface area contributed by atoms with Crippen LogP contribution in [0.25, 0.3) is 0 Å². The molecule has 30 heavy (non-hydrogen) atoms. The van der Waals surface area contributed by atoms with Gasteiger partial charge in [-0.3, -0.25) is 14.8 Å². The Bertz CT molecular complexity index is 918. The molecule has 1 fully saturated rings. The van der Waals surface area contributed by atoms with E-state index in [1.807, 2.05) is 48.4 Å². The molecule has 1 saturated heterocycles. The number of hydrogen-bond acceptors (Lipinski definition) is 8. The van der Waals surface area contributed by atoms with Crippen LogP contribution in [0.5, 0.6) is 0 Å². The van der Waals surface area contributed by atoms with Crippen molar-refractivity contribution in [2.75, 3.05) is 39.3 Å². The summed E-state index contributed by atoms with van der Waals surface area (Å²) >= 11 is 0. The van der Waals surface area contributed by atoms with Crippen LogP contribution in [0.4, 0.5) is 0 Å². The molecule has 0 aromatic rings. The smallest absolute Gasteiger partial charge is 0.283 e. The third-order valence-electron chi connectivity index (χ3n) is 5.55. The number of hydrogen-bond donors (Lipinski definition) is 2. The number of ether oxygens (including phenoxy) is 1. The molecule has 4 rings (SSSR count). The molecule has 0 radical (unpaired) electrons. The van der Waals surface area contributed by atoms with Gasteiger partial charge in [0.25, 0.3) is 6.02 Å². The van der Waals surface area contributed by atoms with Gasteiger partial charge in [-0.25, -0.2) is 4.99 Å². The van der Waals surface area contributed by atoms with Gasteiger partial charge >= 0.3 is 0 Å². The van der Waals surface area contributed by atoms with Gasteiger partial charge in [0.2, 0.25) is 5.91 Å². The summed E-state index contributed by atoms with van der Waals surface area (Å²) in [5.74, 6) is 0.00621. The maximum absolute atomic E-state index is 11.7. The van der Waals surface area contributed by atoms with Gasteiger partial charge in [0.1, 0.15) is 12.1 Å². The lowest BCUT2D eigenvalue weighted by Crippen LogP contribution is -2.49. The average molecular weight is 409 g/mol. The molecule has 2 atom stereocenters. The maximum Gasteiger partial charge on any atom is 0.283 e. The Morgan fingerprint density at radius 1 is 1.27 bits per heavy atom. The molecule has 9 heteroatoms. The monoisotopic (exact) mass is 409 g/mol. The second kappa shape index (κ2) is 8.66. The molecule has 3 aliphatic heterocycles. The molecule has 0 spiro atoms. The number of amidine groups is 1. The first-order valence-electron chi connectivity index (χ1n) is 10.1. The zero-order valence-electron chi connectivity index (χ0n) is 17.1. The summed E-state index contributed by atoms with van der Waals surface area (Å²) in [5, 5.41) is 0. The number of nitrogens with two attached hydrogens (primary N) is 2. The van der Waals surface area contributed by atoms with Crippen LogP contribution in [-0.4, -0.2) is 84.6 Å². The van der Waals surface area contributed by atoms with E-state index in [4.69, 9.17) is 16.2 Å². The summed E-state index contributed by atoms with van der Waals surface area (Å²) < 4.78 is 5.43. The lowest BCUT2D eigenvalue weighted by Gasteiger charge is -2.36. The van der Waals surface area contributed by atoms with Crippen LogP contribution < -0.4 is 11.5 Å². The summed E-state index contributed by atoms with van der Waals surface area (Å²) in [7, 11) is 0. The summed E-state index contributed by atoms with van der Waals surface area (Å²) in [6.07, 6.45) is 11.7. The van der Waals surface area contributed by atoms with Crippen molar-refractivity contribution in [2.45, 2.75) is 19.1 Å². The second-order valence-electron chi connectivity index (χ2n) is 7.52. The minimum atomic E-state index is -0.109. The number of allylic oxidation sites excluding steroid dienone is 4. The molecule has 158 valence electrons. The van der Waals surface area contributed by atoms with Gasteiger partial charge in [-0.2, -0.15) is 0 Å². The number of amides is 1. The molecule has 0 aromatic carbocycles. The van der Waals surface area contributed by atoms with Crippen LogP contribution in [0.3, 0.4) is 0 Å². The molecule has 2 unspecified atom stereocenters. The minimum Gasteiger partial charge on any atom is -0.455 e. The Balaban J connectivity index is 1.33. The Morgan fingerprint density at radius 3 is 2.73 bits per heavy atom. The van der Waals surface area contributed by atoms with Crippen LogP contribution in [0.2, 0.25) is 0 Å². The van der Waals surface area contributed by atoms with E-state index in [1.165, 1.54) is 0 Å². The lowest BCUT2D eigenvalue weighted by atomic mass is 9.96. The number of piperazine rings is 1. The predicted molar refractivity (Wildman–Crippen MR) is 117 cm³/mol. The predicted octanol–water partition coefficient (Wildman–Crippen LogP) is -0.0193. The van der Waals surface area contributed by atoms with Gasteiger partial charge in [-0.15, -0.1) is 0 Å². The van der Waals surface area contributed by atoms with Gasteiger partial charge in [-0.05, 0) is 36.8 Å². The fourth-order valence-electron chi connectivity index (χ4n) is 3.77. The maximum atomic E-state index is 11.7. The van der Waals surface area contributed by atoms with Crippen molar-refractivity contribution in [1.29, 1.82) is 0 Å². The van der Waals surface area contributed by atoms with Crippen LogP contribution in [0.1, 0.15) is 6.92 Å². The van der Waals surface area contributed by atoms with E-state index in [9.17, 15) is 4.79 Å². The summed E-state index contributed by atoms with van der Waals surface area (Å²) in [6, 6.07) is 0.152. The first-order valence-corrected chi connectivity index (χ1v) is 10.1. The van der Waals surface area contributed by atoms with Crippen molar-refractivity contribution >= 4 is 23.4 Å². The van der Waals surface area contributed by atoms with Gasteiger partial charge < -0.3 is 26.0 Å². The molecule has 0 bridgehead atoms. The van der Waals surface area contributed by atoms with Crippen LogP contribution in [0.15, 0.2) is 62.8 Å². The molecular weight excluding hydrogens is 382 g/mol. The third kappa shape index (κ3) is 4.35. The average Bonchev–Trinajstić information content (AvgIpc) is 3.16. The number of fused-ring (bicyclic) bond motifs is 1. The molecule has 9 nitrogen and oxygen atoms in total. The molecular formula is C21H27N7O2. The first kappa shape index (κ1) is 20.1. The van der Waals surface area contributed by atoms with Crippen LogP contribution in [-0.2, 0) is 9.53 Å². The highest BCUT2D eigenvalue weighted by atomic mass is 16.5. The molecule has 3 heterocycles. The highest BCUT2D eigenvalue weighted by molar-refractivity contribution is 6.17. The largest absolute Gasteiger partial charge is 0.455 e. The van der Waals surface area contributed by atoms with E-state index in [0.717, 1.165) is 35.8 Å². The van der Waals surface area contributed by atoms with Gasteiger partial charge in [0.05, 0.1) is 24.5 Å². The number of rotatable bonds is 4. The zero-order chi connectivity index (χ0) is 21.1. The van der Waals surface area contributed by atoms with Gasteiger partial charge in [0.15, 0.2) is 0 Å². The van der Waals surface area contributed by atoms with E-state index in [-0.39, 0.29) is 30.6 Å². The second-order valence-corrected chi connectivity index (χ2v) is 7.52. The van der Waals surface area contributed by atoms with E-state index in [0.29, 0.717) is 19.6 Å². The standard InChI is InChI=1S/C21H27N7O2/c1-14(27-6-8-28(9-7-27)20(29)11-22)12-24-16-3-4-17(25-13-16)15-2-5-19-18(10-15)26-21(23)30-19/h2-5,10,12,18-19H,6-9,11,13,22H2,1H3,(H2,23,26)/b14-12+,24-16-. The fourth-order valence-corrected chi connectivity index (χ4v) is 3.77. The number of aliphatic imine (C=N–C) groups is 3. The normalized spacial score (nSPS) is 27.5. The van der Waals surface area contributed by atoms with E-state index >= 15 is 0 Å². The molecule has 1 amide bonds. The Hall–Kier alpha value is -3.20. The summed E-state index contributed by atoms with van der Waals surface area (Å²) in [6.45, 7) is 5.59. The SMILES string of the molecule is C/C(=C\N=C1\C=CC(C2=CC3N=C(N)OC3C=C2)=NC1)N1CCN(C(=O)CN)CC1. The molecule has 4 aliphatic rings. The van der Waals surface area contributed by atoms with Crippen molar-refractivity contribution in [3.63, 3.8) is 0 Å². The van der Waals surface area contributed by atoms with E-state index in [2.05, 4.69) is 19.9 Å². The highest BCUT2D eigenvalue weighted by Gasteiger charge is 2.29. The van der Waals surface area contributed by atoms with Crippen molar-refractivity contribution in [2.24, 2.45) is 26.4 Å². The molecule has 1 aliphatic carbocycles. The van der Waals surface area contributed by atoms with Crippen molar-refractivity contribution in [1.82, 2.24) is 9.80 Å². The lowest BCUT2D eigenvalue weighted by molar-refractivity contribution is -0.131. The molecule has 4 N–H and O–H groups in total. The van der Waals surface area contributed by atoms with E-state index in [1.54, 1.807) is 0 Å². The Labute approximate surface area is 175 Å². The number of carbonyl (C=O) groups excluding carboxylic acids is 1. The van der Waals surface area contributed by atoms with Crippen molar-refractivity contribution in [3.8, 4) is 0 Å². The molecule has 0 saturated carbocycles. The third-order valence-corrected chi connectivity index (χ3v) is 5.55. The van der Waals surface area contributed by atoms with Crippen LogP contribution in [0, 0.1) is 0 Å². The molecule has 0 aromatic heterocycles. The summed E-state index contributed by atoms with van der Waals surface area (Å²) in [4.78, 5) is 29.3. The van der Waals surface area contributed by atoms with Crippen molar-refractivity contribution in [3.05, 3.63) is 47.9 Å². The highest BCUT2D eigenvalue weighted by Crippen LogP contribution is 2.23. The van der Waals surface area contributed by atoms with Crippen molar-refractivity contribution < 1.29 is 9.53 Å². The van der Waals surface area contributed by atoms with Gasteiger partial charge in [0, 0.05) is 38.1 Å². The summed E-state index contributed by atoms with van der Waals surface area (Å²) in [5.41, 5.74) is 15.0. The van der Waals surface area contributed by atoms with Crippen LogP contribution >= 0.6 is 0 Å². The quantitative estimate of drug-likeness (QED) is 0.676. The van der Waals surface area contributed by atoms with Gasteiger partial charge in [-0.1, -0.05) is 6.08 Å².